The highest BCUT2D eigenvalue weighted by Gasteiger charge is 2.12. The van der Waals surface area contributed by atoms with Crippen molar-refractivity contribution in [3.8, 4) is 11.5 Å². The molecule has 4 aromatic carbocycles. The van der Waals surface area contributed by atoms with E-state index in [2.05, 4.69) is 20.9 Å². The Balaban J connectivity index is 1.47. The van der Waals surface area contributed by atoms with Gasteiger partial charge < -0.3 is 20.1 Å². The molecule has 2 N–H and O–H groups in total. The molecule has 0 aliphatic heterocycles. The zero-order chi connectivity index (χ0) is 28.5. The van der Waals surface area contributed by atoms with Gasteiger partial charge in [0.2, 0.25) is 0 Å². The molecule has 0 aromatic heterocycles. The second kappa shape index (κ2) is 13.6. The molecule has 0 saturated heterocycles. The van der Waals surface area contributed by atoms with Crippen LogP contribution in [0.5, 0.6) is 11.5 Å². The summed E-state index contributed by atoms with van der Waals surface area (Å²) in [5.74, 6) is 0.294. The van der Waals surface area contributed by atoms with Crippen LogP contribution in [-0.4, -0.2) is 25.0 Å². The lowest BCUT2D eigenvalue weighted by Crippen LogP contribution is -2.22. The maximum absolute atomic E-state index is 12.8. The minimum atomic E-state index is -0.421. The fraction of sp³-hybridized carbons (Fsp3) is 0.133. The van der Waals surface area contributed by atoms with Crippen molar-refractivity contribution in [1.82, 2.24) is 0 Å². The van der Waals surface area contributed by atoms with Gasteiger partial charge in [-0.15, -0.1) is 5.11 Å². The number of nitrogens with one attached hydrogen (secondary N) is 2. The van der Waals surface area contributed by atoms with Gasteiger partial charge in [0.05, 0.1) is 11.4 Å². The first kappa shape index (κ1) is 28.6. The van der Waals surface area contributed by atoms with Gasteiger partial charge in [-0.05, 0) is 91.7 Å². The van der Waals surface area contributed by atoms with Crippen molar-refractivity contribution in [3.63, 3.8) is 0 Å². The number of nitrogens with zero attached hydrogens (tertiary/aromatic N) is 2. The normalized spacial score (nSPS) is 10.8. The SMILES string of the molecule is Cc1cc(Cl)ccc1OCC(=O)Nc1ccc(N=Nc2ccccc2)c(NC(=O)COc2ccc(Cl)cc2C)c1. The molecule has 0 fully saturated rings. The van der Waals surface area contributed by atoms with Crippen LogP contribution < -0.4 is 20.1 Å². The fourth-order valence-electron chi connectivity index (χ4n) is 3.63. The maximum atomic E-state index is 12.8. The predicted octanol–water partition coefficient (Wildman–Crippen LogP) is 8.06. The standard InChI is InChI=1S/C30H26Cl2N4O4/c1-19-14-21(31)8-12-27(19)39-17-29(37)33-24-10-11-25(36-35-23-6-4-3-5-7-23)26(16-24)34-30(38)18-40-28-13-9-22(32)15-20(28)2/h3-16H,17-18H2,1-2H3,(H,33,37)(H,34,38). The monoisotopic (exact) mass is 576 g/mol. The first-order valence-corrected chi connectivity index (χ1v) is 13.0. The van der Waals surface area contributed by atoms with Gasteiger partial charge in [-0.25, -0.2) is 0 Å². The molecule has 0 heterocycles. The number of aryl methyl sites for hydroxylation is 2. The number of azo groups is 1. The van der Waals surface area contributed by atoms with E-state index < -0.39 is 5.91 Å². The number of benzene rings is 4. The van der Waals surface area contributed by atoms with Crippen molar-refractivity contribution in [1.29, 1.82) is 0 Å². The Morgan fingerprint density at radius 3 is 1.85 bits per heavy atom. The number of carbonyl (C=O) groups is 2. The van der Waals surface area contributed by atoms with Gasteiger partial charge in [0.1, 0.15) is 17.2 Å². The highest BCUT2D eigenvalue weighted by molar-refractivity contribution is 6.31. The van der Waals surface area contributed by atoms with E-state index in [-0.39, 0.29) is 19.1 Å². The number of hydrogen-bond donors (Lipinski definition) is 2. The van der Waals surface area contributed by atoms with Gasteiger partial charge >= 0.3 is 0 Å². The molecule has 0 bridgehead atoms. The van der Waals surface area contributed by atoms with Crippen LogP contribution in [0.2, 0.25) is 10.0 Å². The molecule has 8 nitrogen and oxygen atoms in total. The quantitative estimate of drug-likeness (QED) is 0.186. The molecular weight excluding hydrogens is 551 g/mol. The smallest absolute Gasteiger partial charge is 0.262 e. The summed E-state index contributed by atoms with van der Waals surface area (Å²) in [7, 11) is 0. The molecule has 0 aliphatic rings. The second-order valence-electron chi connectivity index (χ2n) is 8.76. The molecule has 0 unspecified atom stereocenters. The highest BCUT2D eigenvalue weighted by Crippen LogP contribution is 2.31. The minimum absolute atomic E-state index is 0.214. The van der Waals surface area contributed by atoms with Crippen LogP contribution >= 0.6 is 23.2 Å². The van der Waals surface area contributed by atoms with Crippen LogP contribution in [0.15, 0.2) is 95.2 Å². The zero-order valence-electron chi connectivity index (χ0n) is 21.8. The Bertz CT molecular complexity index is 1540. The summed E-state index contributed by atoms with van der Waals surface area (Å²) >= 11 is 12.0. The van der Waals surface area contributed by atoms with Gasteiger partial charge in [0.15, 0.2) is 13.2 Å². The first-order valence-electron chi connectivity index (χ1n) is 12.3. The van der Waals surface area contributed by atoms with E-state index in [1.807, 2.05) is 32.0 Å². The van der Waals surface area contributed by atoms with Crippen LogP contribution in [0.4, 0.5) is 22.7 Å². The first-order chi connectivity index (χ1) is 19.3. The van der Waals surface area contributed by atoms with E-state index in [1.165, 1.54) is 0 Å². The van der Waals surface area contributed by atoms with Crippen molar-refractivity contribution in [2.75, 3.05) is 23.8 Å². The van der Waals surface area contributed by atoms with E-state index in [4.69, 9.17) is 32.7 Å². The van der Waals surface area contributed by atoms with Gasteiger partial charge in [-0.3, -0.25) is 9.59 Å². The van der Waals surface area contributed by atoms with Crippen molar-refractivity contribution in [3.05, 3.63) is 106 Å². The summed E-state index contributed by atoms with van der Waals surface area (Å²) < 4.78 is 11.3. The Labute approximate surface area is 241 Å². The largest absolute Gasteiger partial charge is 0.483 e. The van der Waals surface area contributed by atoms with Crippen LogP contribution in [-0.2, 0) is 9.59 Å². The summed E-state index contributed by atoms with van der Waals surface area (Å²) in [5, 5.41) is 15.3. The molecular formula is C30H26Cl2N4O4. The van der Waals surface area contributed by atoms with Crippen molar-refractivity contribution in [2.24, 2.45) is 10.2 Å². The molecule has 0 aliphatic carbocycles. The third kappa shape index (κ3) is 8.30. The van der Waals surface area contributed by atoms with E-state index >= 15 is 0 Å². The molecule has 0 atom stereocenters. The van der Waals surface area contributed by atoms with Gasteiger partial charge in [0.25, 0.3) is 11.8 Å². The van der Waals surface area contributed by atoms with Crippen molar-refractivity contribution in [2.45, 2.75) is 13.8 Å². The van der Waals surface area contributed by atoms with Gasteiger partial charge in [-0.2, -0.15) is 5.11 Å². The summed E-state index contributed by atoms with van der Waals surface area (Å²) in [5.41, 5.74) is 3.44. The number of ether oxygens (including phenoxy) is 2. The summed E-state index contributed by atoms with van der Waals surface area (Å²) in [6, 6.07) is 24.4. The average molecular weight is 577 g/mol. The lowest BCUT2D eigenvalue weighted by Gasteiger charge is -2.13. The van der Waals surface area contributed by atoms with Gasteiger partial charge in [0, 0.05) is 15.7 Å². The zero-order valence-corrected chi connectivity index (χ0v) is 23.3. The summed E-state index contributed by atoms with van der Waals surface area (Å²) in [6.45, 7) is 3.22. The Hall–Kier alpha value is -4.40. The van der Waals surface area contributed by atoms with Crippen molar-refractivity contribution < 1.29 is 19.1 Å². The molecule has 10 heteroatoms. The van der Waals surface area contributed by atoms with Crippen LogP contribution in [0, 0.1) is 13.8 Å². The molecule has 4 rings (SSSR count). The third-order valence-electron chi connectivity index (χ3n) is 5.58. The van der Waals surface area contributed by atoms with E-state index in [1.54, 1.807) is 66.7 Å². The number of anilines is 2. The molecule has 0 radical (unpaired) electrons. The number of halogens is 2. The van der Waals surface area contributed by atoms with Crippen LogP contribution in [0.1, 0.15) is 11.1 Å². The minimum Gasteiger partial charge on any atom is -0.483 e. The maximum Gasteiger partial charge on any atom is 0.262 e. The lowest BCUT2D eigenvalue weighted by atomic mass is 10.2. The molecule has 2 amide bonds. The van der Waals surface area contributed by atoms with E-state index in [0.717, 1.165) is 11.1 Å². The number of carbonyl (C=O) groups excluding carboxylic acids is 2. The Kier molecular flexibility index (Phi) is 9.72. The molecule has 40 heavy (non-hydrogen) atoms. The molecule has 4 aromatic rings. The highest BCUT2D eigenvalue weighted by atomic mass is 35.5. The average Bonchev–Trinajstić information content (AvgIpc) is 2.92. The third-order valence-corrected chi connectivity index (χ3v) is 6.05. The van der Waals surface area contributed by atoms with E-state index in [0.29, 0.717) is 44.3 Å². The number of rotatable bonds is 10. The Morgan fingerprint density at radius 1 is 0.700 bits per heavy atom. The topological polar surface area (TPSA) is 101 Å². The van der Waals surface area contributed by atoms with Gasteiger partial charge in [-0.1, -0.05) is 41.4 Å². The summed E-state index contributed by atoms with van der Waals surface area (Å²) in [6.07, 6.45) is 0. The summed E-state index contributed by atoms with van der Waals surface area (Å²) in [4.78, 5) is 25.4. The molecule has 0 saturated carbocycles. The molecule has 204 valence electrons. The second-order valence-corrected chi connectivity index (χ2v) is 9.63. The van der Waals surface area contributed by atoms with E-state index in [9.17, 15) is 9.59 Å². The van der Waals surface area contributed by atoms with Crippen LogP contribution in [0.3, 0.4) is 0 Å². The van der Waals surface area contributed by atoms with Crippen LogP contribution in [0.25, 0.3) is 0 Å². The number of hydrogen-bond acceptors (Lipinski definition) is 6. The molecule has 0 spiro atoms. The fourth-order valence-corrected chi connectivity index (χ4v) is 4.08. The van der Waals surface area contributed by atoms with Crippen molar-refractivity contribution >= 4 is 57.8 Å². The number of amides is 2. The predicted molar refractivity (Wildman–Crippen MR) is 158 cm³/mol. The lowest BCUT2D eigenvalue weighted by molar-refractivity contribution is -0.118. The Morgan fingerprint density at radius 2 is 1.27 bits per heavy atom.